The van der Waals surface area contributed by atoms with E-state index >= 15 is 0 Å². The minimum atomic E-state index is -0.130. The number of unbranched alkanes of at least 4 members (excludes halogenated alkanes) is 2. The molecule has 0 aliphatic rings. The summed E-state index contributed by atoms with van der Waals surface area (Å²) >= 11 is 6.06. The molecule has 1 aromatic heterocycles. The maximum atomic E-state index is 12.1. The summed E-state index contributed by atoms with van der Waals surface area (Å²) in [7, 11) is 1.73. The standard InChI is InChI=1S/C13H22ClN3O/c1-5-6-7-8-9(2)15-13(18)11-10(3)16-17(4)12(11)14/h9H,5-8H2,1-4H3,(H,15,18). The molecule has 0 aliphatic heterocycles. The summed E-state index contributed by atoms with van der Waals surface area (Å²) in [6, 6.07) is 0.166. The van der Waals surface area contributed by atoms with Crippen molar-refractivity contribution < 1.29 is 4.79 Å². The Labute approximate surface area is 114 Å². The van der Waals surface area contributed by atoms with Gasteiger partial charge in [0.1, 0.15) is 5.15 Å². The van der Waals surface area contributed by atoms with E-state index in [2.05, 4.69) is 17.3 Å². The van der Waals surface area contributed by atoms with Crippen LogP contribution in [0.2, 0.25) is 5.15 Å². The van der Waals surface area contributed by atoms with Gasteiger partial charge in [0, 0.05) is 13.1 Å². The molecule has 0 aliphatic carbocycles. The average molecular weight is 272 g/mol. The average Bonchev–Trinajstić information content (AvgIpc) is 2.53. The smallest absolute Gasteiger partial charge is 0.256 e. The fraction of sp³-hybridized carbons (Fsp3) is 0.692. The highest BCUT2D eigenvalue weighted by Crippen LogP contribution is 2.18. The second-order valence-electron chi connectivity index (χ2n) is 4.75. The maximum absolute atomic E-state index is 12.1. The molecule has 1 N–H and O–H groups in total. The molecule has 0 saturated carbocycles. The summed E-state index contributed by atoms with van der Waals surface area (Å²) in [6.45, 7) is 5.98. The van der Waals surface area contributed by atoms with Crippen LogP contribution in [0.4, 0.5) is 0 Å². The van der Waals surface area contributed by atoms with Crippen molar-refractivity contribution in [3.63, 3.8) is 0 Å². The third kappa shape index (κ3) is 3.73. The number of halogens is 1. The molecule has 18 heavy (non-hydrogen) atoms. The first-order valence-electron chi connectivity index (χ1n) is 6.47. The zero-order valence-corrected chi connectivity index (χ0v) is 12.3. The van der Waals surface area contributed by atoms with Crippen molar-refractivity contribution in [1.82, 2.24) is 15.1 Å². The first kappa shape index (κ1) is 15.0. The highest BCUT2D eigenvalue weighted by atomic mass is 35.5. The number of nitrogens with one attached hydrogen (secondary N) is 1. The van der Waals surface area contributed by atoms with E-state index in [4.69, 9.17) is 11.6 Å². The number of aryl methyl sites for hydroxylation is 2. The van der Waals surface area contributed by atoms with Crippen molar-refractivity contribution in [3.05, 3.63) is 16.4 Å². The second kappa shape index (κ2) is 6.78. The first-order chi connectivity index (χ1) is 8.47. The lowest BCUT2D eigenvalue weighted by atomic mass is 10.1. The molecule has 1 unspecified atom stereocenters. The van der Waals surface area contributed by atoms with Crippen LogP contribution in [-0.2, 0) is 7.05 Å². The molecule has 102 valence electrons. The fourth-order valence-corrected chi connectivity index (χ4v) is 2.22. The monoisotopic (exact) mass is 271 g/mol. The quantitative estimate of drug-likeness (QED) is 0.809. The Morgan fingerprint density at radius 2 is 2.17 bits per heavy atom. The molecule has 0 fully saturated rings. The predicted molar refractivity (Wildman–Crippen MR) is 74.0 cm³/mol. The van der Waals surface area contributed by atoms with Gasteiger partial charge in [-0.15, -0.1) is 0 Å². The van der Waals surface area contributed by atoms with Crippen molar-refractivity contribution in [3.8, 4) is 0 Å². The minimum Gasteiger partial charge on any atom is -0.349 e. The number of carbonyl (C=O) groups excluding carboxylic acids is 1. The molecule has 1 amide bonds. The van der Waals surface area contributed by atoms with Gasteiger partial charge in [-0.25, -0.2) is 0 Å². The molecule has 1 atom stereocenters. The number of amides is 1. The van der Waals surface area contributed by atoms with E-state index in [0.29, 0.717) is 16.4 Å². The van der Waals surface area contributed by atoms with Crippen molar-refractivity contribution in [2.24, 2.45) is 7.05 Å². The zero-order chi connectivity index (χ0) is 13.7. The number of hydrogen-bond donors (Lipinski definition) is 1. The summed E-state index contributed by atoms with van der Waals surface area (Å²) in [5, 5.41) is 7.51. The van der Waals surface area contributed by atoms with Crippen molar-refractivity contribution >= 4 is 17.5 Å². The highest BCUT2D eigenvalue weighted by molar-refractivity contribution is 6.33. The van der Waals surface area contributed by atoms with Gasteiger partial charge < -0.3 is 5.32 Å². The van der Waals surface area contributed by atoms with Crippen LogP contribution >= 0.6 is 11.6 Å². The van der Waals surface area contributed by atoms with Crippen LogP contribution in [0.5, 0.6) is 0 Å². The van der Waals surface area contributed by atoms with E-state index in [9.17, 15) is 4.79 Å². The Morgan fingerprint density at radius 1 is 1.50 bits per heavy atom. The normalized spacial score (nSPS) is 12.5. The van der Waals surface area contributed by atoms with Gasteiger partial charge in [0.05, 0.1) is 11.3 Å². The minimum absolute atomic E-state index is 0.130. The van der Waals surface area contributed by atoms with E-state index in [0.717, 1.165) is 12.8 Å². The van der Waals surface area contributed by atoms with Gasteiger partial charge in [0.2, 0.25) is 0 Å². The second-order valence-corrected chi connectivity index (χ2v) is 5.10. The molecule has 0 aromatic carbocycles. The van der Waals surface area contributed by atoms with E-state index in [1.807, 2.05) is 6.92 Å². The highest BCUT2D eigenvalue weighted by Gasteiger charge is 2.19. The Morgan fingerprint density at radius 3 is 2.67 bits per heavy atom. The van der Waals surface area contributed by atoms with Crippen molar-refractivity contribution in [2.75, 3.05) is 0 Å². The molecule has 0 radical (unpaired) electrons. The van der Waals surface area contributed by atoms with E-state index in [1.54, 1.807) is 14.0 Å². The van der Waals surface area contributed by atoms with E-state index < -0.39 is 0 Å². The van der Waals surface area contributed by atoms with Gasteiger partial charge in [0.15, 0.2) is 0 Å². The summed E-state index contributed by atoms with van der Waals surface area (Å²) in [5.41, 5.74) is 1.15. The van der Waals surface area contributed by atoms with Crippen LogP contribution in [0, 0.1) is 6.92 Å². The third-order valence-corrected chi connectivity index (χ3v) is 3.43. The predicted octanol–water partition coefficient (Wildman–Crippen LogP) is 3.08. The molecule has 0 spiro atoms. The summed E-state index contributed by atoms with van der Waals surface area (Å²) in [5.74, 6) is -0.130. The topological polar surface area (TPSA) is 46.9 Å². The van der Waals surface area contributed by atoms with Gasteiger partial charge >= 0.3 is 0 Å². The van der Waals surface area contributed by atoms with Crippen LogP contribution in [-0.4, -0.2) is 21.7 Å². The Hall–Kier alpha value is -1.03. The molecule has 1 aromatic rings. The molecule has 4 nitrogen and oxygen atoms in total. The SMILES string of the molecule is CCCCCC(C)NC(=O)c1c(C)nn(C)c1Cl. The van der Waals surface area contributed by atoms with E-state index in [-0.39, 0.29) is 11.9 Å². The van der Waals surface area contributed by atoms with Crippen LogP contribution < -0.4 is 5.32 Å². The van der Waals surface area contributed by atoms with Crippen molar-refractivity contribution in [1.29, 1.82) is 0 Å². The lowest BCUT2D eigenvalue weighted by Crippen LogP contribution is -2.32. The number of aromatic nitrogens is 2. The molecular formula is C13H22ClN3O. The summed E-state index contributed by atoms with van der Waals surface area (Å²) in [4.78, 5) is 12.1. The van der Waals surface area contributed by atoms with Gasteiger partial charge in [0.25, 0.3) is 5.91 Å². The molecule has 1 rings (SSSR count). The van der Waals surface area contributed by atoms with Crippen LogP contribution in [0.1, 0.15) is 55.6 Å². The maximum Gasteiger partial charge on any atom is 0.256 e. The lowest BCUT2D eigenvalue weighted by Gasteiger charge is -2.13. The fourth-order valence-electron chi connectivity index (χ4n) is 1.96. The van der Waals surface area contributed by atoms with Gasteiger partial charge in [-0.2, -0.15) is 5.10 Å². The van der Waals surface area contributed by atoms with Crippen molar-refractivity contribution in [2.45, 2.75) is 52.5 Å². The number of rotatable bonds is 6. The van der Waals surface area contributed by atoms with E-state index in [1.165, 1.54) is 17.5 Å². The van der Waals surface area contributed by atoms with Crippen LogP contribution in [0.15, 0.2) is 0 Å². The summed E-state index contributed by atoms with van der Waals surface area (Å²) < 4.78 is 1.52. The Kier molecular flexibility index (Phi) is 5.66. The van der Waals surface area contributed by atoms with Gasteiger partial charge in [-0.1, -0.05) is 37.8 Å². The molecular weight excluding hydrogens is 250 g/mol. The molecule has 1 heterocycles. The third-order valence-electron chi connectivity index (χ3n) is 3.00. The van der Waals surface area contributed by atoms with Gasteiger partial charge in [-0.3, -0.25) is 9.48 Å². The summed E-state index contributed by atoms with van der Waals surface area (Å²) in [6.07, 6.45) is 4.52. The zero-order valence-electron chi connectivity index (χ0n) is 11.6. The Balaban J connectivity index is 2.59. The molecule has 0 saturated heterocycles. The number of nitrogens with zero attached hydrogens (tertiary/aromatic N) is 2. The largest absolute Gasteiger partial charge is 0.349 e. The molecule has 0 bridgehead atoms. The van der Waals surface area contributed by atoms with Crippen LogP contribution in [0.25, 0.3) is 0 Å². The van der Waals surface area contributed by atoms with Crippen LogP contribution in [0.3, 0.4) is 0 Å². The molecule has 5 heteroatoms. The lowest BCUT2D eigenvalue weighted by molar-refractivity contribution is 0.0937. The van der Waals surface area contributed by atoms with Gasteiger partial charge in [-0.05, 0) is 20.3 Å². The Bertz CT molecular complexity index is 415. The number of carbonyl (C=O) groups is 1. The first-order valence-corrected chi connectivity index (χ1v) is 6.85. The number of hydrogen-bond acceptors (Lipinski definition) is 2.